The van der Waals surface area contributed by atoms with Crippen LogP contribution in [0, 0.1) is 0 Å². The summed E-state index contributed by atoms with van der Waals surface area (Å²) < 4.78 is 11.2. The monoisotopic (exact) mass is 422 g/mol. The number of nitrogens with zero attached hydrogens (tertiary/aromatic N) is 2. The zero-order chi connectivity index (χ0) is 22.2. The van der Waals surface area contributed by atoms with Crippen molar-refractivity contribution < 1.29 is 19.1 Å². The zero-order valence-corrected chi connectivity index (χ0v) is 18.5. The van der Waals surface area contributed by atoms with Gasteiger partial charge in [0.25, 0.3) is 0 Å². The molecule has 2 aromatic rings. The number of ketones is 1. The Labute approximate surface area is 184 Å². The molecule has 0 radical (unpaired) electrons. The summed E-state index contributed by atoms with van der Waals surface area (Å²) in [5.41, 5.74) is 2.68. The van der Waals surface area contributed by atoms with Crippen molar-refractivity contribution in [2.75, 3.05) is 44.3 Å². The zero-order valence-electron chi connectivity index (χ0n) is 18.5. The number of anilines is 1. The van der Waals surface area contributed by atoms with Crippen LogP contribution in [0.3, 0.4) is 0 Å². The maximum atomic E-state index is 12.6. The summed E-state index contributed by atoms with van der Waals surface area (Å²) in [6.45, 7) is 9.39. The molecular formula is C25H30N2O4. The molecule has 31 heavy (non-hydrogen) atoms. The Balaban J connectivity index is 1.57. The predicted molar refractivity (Wildman–Crippen MR) is 123 cm³/mol. The highest BCUT2D eigenvalue weighted by Gasteiger charge is 2.20. The highest BCUT2D eigenvalue weighted by molar-refractivity contribution is 5.94. The molecular weight excluding hydrogens is 392 g/mol. The summed E-state index contributed by atoms with van der Waals surface area (Å²) in [5, 5.41) is 0. The normalized spacial score (nSPS) is 14.0. The quantitative estimate of drug-likeness (QED) is 0.475. The first-order valence-corrected chi connectivity index (χ1v) is 10.7. The van der Waals surface area contributed by atoms with Crippen LogP contribution in [0.2, 0.25) is 0 Å². The van der Waals surface area contributed by atoms with Gasteiger partial charge in [-0.3, -0.25) is 9.59 Å². The van der Waals surface area contributed by atoms with E-state index in [0.29, 0.717) is 43.4 Å². The second-order valence-electron chi connectivity index (χ2n) is 7.32. The summed E-state index contributed by atoms with van der Waals surface area (Å²) in [6.07, 6.45) is 3.43. The lowest BCUT2D eigenvalue weighted by Gasteiger charge is -2.35. The molecule has 1 heterocycles. The summed E-state index contributed by atoms with van der Waals surface area (Å²) in [7, 11) is 0. The van der Waals surface area contributed by atoms with E-state index < -0.39 is 0 Å². The molecule has 0 aliphatic carbocycles. The van der Waals surface area contributed by atoms with Crippen LogP contribution in [0.5, 0.6) is 11.5 Å². The molecule has 0 spiro atoms. The van der Waals surface area contributed by atoms with Crippen molar-refractivity contribution in [2.45, 2.75) is 20.8 Å². The van der Waals surface area contributed by atoms with E-state index >= 15 is 0 Å². The van der Waals surface area contributed by atoms with E-state index in [-0.39, 0.29) is 11.7 Å². The molecule has 0 saturated carbocycles. The molecule has 6 nitrogen and oxygen atoms in total. The minimum absolute atomic E-state index is 0.00146. The number of ether oxygens (including phenoxy) is 2. The van der Waals surface area contributed by atoms with E-state index in [1.54, 1.807) is 13.0 Å². The topological polar surface area (TPSA) is 59.1 Å². The molecule has 0 atom stereocenters. The lowest BCUT2D eigenvalue weighted by Crippen LogP contribution is -2.48. The first-order chi connectivity index (χ1) is 15.0. The van der Waals surface area contributed by atoms with Crippen LogP contribution >= 0.6 is 0 Å². The average molecular weight is 423 g/mol. The van der Waals surface area contributed by atoms with Gasteiger partial charge in [0.15, 0.2) is 17.3 Å². The molecule has 2 aromatic carbocycles. The average Bonchev–Trinajstić information content (AvgIpc) is 2.79. The molecule has 6 heteroatoms. The fourth-order valence-corrected chi connectivity index (χ4v) is 3.54. The van der Waals surface area contributed by atoms with Gasteiger partial charge in [0, 0.05) is 43.5 Å². The molecule has 0 N–H and O–H groups in total. The third-order valence-corrected chi connectivity index (χ3v) is 5.22. The molecule has 1 amide bonds. The number of hydrogen-bond acceptors (Lipinski definition) is 5. The summed E-state index contributed by atoms with van der Waals surface area (Å²) in [5.74, 6) is 1.46. The Kier molecular flexibility index (Phi) is 7.70. The van der Waals surface area contributed by atoms with Gasteiger partial charge < -0.3 is 19.3 Å². The minimum Gasteiger partial charge on any atom is -0.490 e. The van der Waals surface area contributed by atoms with Gasteiger partial charge in [0.05, 0.1) is 13.2 Å². The van der Waals surface area contributed by atoms with Crippen molar-refractivity contribution in [3.8, 4) is 11.5 Å². The van der Waals surface area contributed by atoms with Gasteiger partial charge in [0.2, 0.25) is 5.91 Å². The van der Waals surface area contributed by atoms with Crippen molar-refractivity contribution in [1.82, 2.24) is 4.90 Å². The number of carbonyl (C=O) groups is 2. The van der Waals surface area contributed by atoms with E-state index in [9.17, 15) is 9.59 Å². The first kappa shape index (κ1) is 22.4. The number of hydrogen-bond donors (Lipinski definition) is 0. The molecule has 0 bridgehead atoms. The maximum absolute atomic E-state index is 12.6. The van der Waals surface area contributed by atoms with Gasteiger partial charge >= 0.3 is 0 Å². The van der Waals surface area contributed by atoms with Crippen molar-refractivity contribution in [2.24, 2.45) is 0 Å². The Morgan fingerprint density at radius 3 is 2.16 bits per heavy atom. The number of piperazine rings is 1. The van der Waals surface area contributed by atoms with Crippen LogP contribution < -0.4 is 14.4 Å². The second kappa shape index (κ2) is 10.7. The van der Waals surface area contributed by atoms with Crippen molar-refractivity contribution in [3.63, 3.8) is 0 Å². The fourth-order valence-electron chi connectivity index (χ4n) is 3.54. The summed E-state index contributed by atoms with van der Waals surface area (Å²) in [6, 6.07) is 13.3. The van der Waals surface area contributed by atoms with E-state index in [4.69, 9.17) is 9.47 Å². The maximum Gasteiger partial charge on any atom is 0.246 e. The second-order valence-corrected chi connectivity index (χ2v) is 7.32. The van der Waals surface area contributed by atoms with Crippen LogP contribution in [-0.2, 0) is 4.79 Å². The fraction of sp³-hybridized carbons (Fsp3) is 0.360. The molecule has 164 valence electrons. The predicted octanol–water partition coefficient (Wildman–Crippen LogP) is 4.05. The van der Waals surface area contributed by atoms with Crippen LogP contribution in [-0.4, -0.2) is 56.0 Å². The first-order valence-electron chi connectivity index (χ1n) is 10.7. The highest BCUT2D eigenvalue weighted by atomic mass is 16.5. The molecule has 3 rings (SSSR count). The van der Waals surface area contributed by atoms with E-state index in [2.05, 4.69) is 4.90 Å². The number of amides is 1. The molecule has 1 fully saturated rings. The smallest absolute Gasteiger partial charge is 0.246 e. The van der Waals surface area contributed by atoms with Crippen LogP contribution in [0.25, 0.3) is 6.08 Å². The number of rotatable bonds is 8. The largest absolute Gasteiger partial charge is 0.490 e. The molecule has 1 aliphatic heterocycles. The van der Waals surface area contributed by atoms with E-state index in [0.717, 1.165) is 24.3 Å². The van der Waals surface area contributed by atoms with E-state index in [1.807, 2.05) is 67.3 Å². The van der Waals surface area contributed by atoms with Crippen molar-refractivity contribution in [1.29, 1.82) is 0 Å². The molecule has 0 unspecified atom stereocenters. The van der Waals surface area contributed by atoms with Crippen molar-refractivity contribution in [3.05, 3.63) is 59.7 Å². The van der Waals surface area contributed by atoms with Crippen LogP contribution in [0.15, 0.2) is 48.5 Å². The highest BCUT2D eigenvalue weighted by Crippen LogP contribution is 2.29. The van der Waals surface area contributed by atoms with E-state index in [1.165, 1.54) is 0 Å². The molecule has 1 aliphatic rings. The van der Waals surface area contributed by atoms with Gasteiger partial charge in [-0.05, 0) is 68.8 Å². The number of benzene rings is 2. The SMILES string of the molecule is CCOc1ccc(/C=C/C(=O)N2CCN(c3ccc(C(C)=O)cc3)CC2)cc1OCC. The Bertz CT molecular complexity index is 929. The Morgan fingerprint density at radius 2 is 1.55 bits per heavy atom. The standard InChI is InChI=1S/C25H30N2O4/c1-4-30-23-12-6-20(18-24(23)31-5-2)7-13-25(29)27-16-14-26(15-17-27)22-10-8-21(9-11-22)19(3)28/h6-13,18H,4-5,14-17H2,1-3H3/b13-7+. The Hall–Kier alpha value is -3.28. The third-order valence-electron chi connectivity index (χ3n) is 5.22. The summed E-state index contributed by atoms with van der Waals surface area (Å²) in [4.78, 5) is 28.2. The lowest BCUT2D eigenvalue weighted by molar-refractivity contribution is -0.126. The van der Waals surface area contributed by atoms with Crippen LogP contribution in [0.4, 0.5) is 5.69 Å². The Morgan fingerprint density at radius 1 is 0.903 bits per heavy atom. The van der Waals surface area contributed by atoms with Gasteiger partial charge in [-0.15, -0.1) is 0 Å². The number of carbonyl (C=O) groups excluding carboxylic acids is 2. The van der Waals surface area contributed by atoms with Gasteiger partial charge in [-0.2, -0.15) is 0 Å². The molecule has 0 aromatic heterocycles. The lowest BCUT2D eigenvalue weighted by atomic mass is 10.1. The molecule has 1 saturated heterocycles. The van der Waals surface area contributed by atoms with Gasteiger partial charge in [-0.1, -0.05) is 6.07 Å². The minimum atomic E-state index is -0.00146. The van der Waals surface area contributed by atoms with Crippen molar-refractivity contribution >= 4 is 23.5 Å². The van der Waals surface area contributed by atoms with Gasteiger partial charge in [-0.25, -0.2) is 0 Å². The third kappa shape index (κ3) is 5.87. The summed E-state index contributed by atoms with van der Waals surface area (Å²) >= 11 is 0. The van der Waals surface area contributed by atoms with Gasteiger partial charge in [0.1, 0.15) is 0 Å². The number of Topliss-reactive ketones (excluding diaryl/α,β-unsaturated/α-hetero) is 1. The van der Waals surface area contributed by atoms with Crippen LogP contribution in [0.1, 0.15) is 36.7 Å².